The van der Waals surface area contributed by atoms with Crippen LogP contribution in [-0.4, -0.2) is 57.2 Å². The van der Waals surface area contributed by atoms with Crippen molar-refractivity contribution in [3.8, 4) is 11.5 Å². The molecule has 0 unspecified atom stereocenters. The van der Waals surface area contributed by atoms with E-state index in [2.05, 4.69) is 10.2 Å². The van der Waals surface area contributed by atoms with Gasteiger partial charge >= 0.3 is 11.9 Å². The molecule has 0 amide bonds. The zero-order chi connectivity index (χ0) is 21.7. The minimum absolute atomic E-state index is 0.230. The first-order chi connectivity index (χ1) is 14.3. The van der Waals surface area contributed by atoms with Gasteiger partial charge in [-0.2, -0.15) is 0 Å². The highest BCUT2D eigenvalue weighted by Crippen LogP contribution is 2.39. The van der Waals surface area contributed by atoms with Gasteiger partial charge in [0.25, 0.3) is 5.79 Å². The monoisotopic (exact) mass is 420 g/mol. The van der Waals surface area contributed by atoms with Crippen molar-refractivity contribution in [1.29, 1.82) is 0 Å². The molecule has 1 N–H and O–H groups in total. The molecule has 0 atom stereocenters. The number of anilines is 2. The van der Waals surface area contributed by atoms with Gasteiger partial charge in [-0.1, -0.05) is 0 Å². The summed E-state index contributed by atoms with van der Waals surface area (Å²) in [4.78, 5) is 26.5. The van der Waals surface area contributed by atoms with Crippen molar-refractivity contribution in [2.24, 2.45) is 0 Å². The number of nitrogens with zero attached hydrogens (tertiary/aromatic N) is 1. The third kappa shape index (κ3) is 4.96. The molecule has 0 aliphatic carbocycles. The molecule has 1 aromatic rings. The number of ether oxygens (including phenoxy) is 5. The number of cyclic esters (lactones) is 2. The molecule has 2 heterocycles. The van der Waals surface area contributed by atoms with Crippen LogP contribution in [0.25, 0.3) is 0 Å². The van der Waals surface area contributed by atoms with Crippen LogP contribution in [0, 0.1) is 0 Å². The number of esters is 2. The van der Waals surface area contributed by atoms with Gasteiger partial charge in [-0.05, 0) is 13.8 Å². The van der Waals surface area contributed by atoms with Crippen LogP contribution in [0.2, 0.25) is 0 Å². The molecule has 0 radical (unpaired) electrons. The quantitative estimate of drug-likeness (QED) is 0.405. The molecular formula is C21H28N2O7. The summed E-state index contributed by atoms with van der Waals surface area (Å²) >= 11 is 0. The summed E-state index contributed by atoms with van der Waals surface area (Å²) in [7, 11) is 0. The molecule has 0 spiro atoms. The number of benzene rings is 1. The van der Waals surface area contributed by atoms with E-state index >= 15 is 0 Å². The number of morpholine rings is 1. The van der Waals surface area contributed by atoms with Crippen LogP contribution in [0.4, 0.5) is 11.4 Å². The highest BCUT2D eigenvalue weighted by atomic mass is 16.7. The Morgan fingerprint density at radius 2 is 1.63 bits per heavy atom. The summed E-state index contributed by atoms with van der Waals surface area (Å²) in [5, 5.41) is 2.97. The standard InChI is InChI=1S/C21H28N2O7/c1-5-27-17-12-16(23-7-9-26-10-8-23)18(28-6-2)11-15(17)22-13-14-19(24)29-21(3,4)30-20(14)25/h11-13,22H,5-10H2,1-4H3. The normalized spacial score (nSPS) is 18.4. The Kier molecular flexibility index (Phi) is 6.71. The average Bonchev–Trinajstić information content (AvgIpc) is 2.69. The first kappa shape index (κ1) is 21.8. The lowest BCUT2D eigenvalue weighted by Crippen LogP contribution is -2.42. The number of hydrogen-bond acceptors (Lipinski definition) is 9. The molecule has 9 nitrogen and oxygen atoms in total. The fourth-order valence-electron chi connectivity index (χ4n) is 3.19. The van der Waals surface area contributed by atoms with Crippen molar-refractivity contribution in [1.82, 2.24) is 0 Å². The third-order valence-corrected chi connectivity index (χ3v) is 4.50. The van der Waals surface area contributed by atoms with E-state index in [1.165, 1.54) is 20.0 Å². The predicted molar refractivity (Wildman–Crippen MR) is 110 cm³/mol. The lowest BCUT2D eigenvalue weighted by Gasteiger charge is -2.31. The lowest BCUT2D eigenvalue weighted by molar-refractivity contribution is -0.222. The smallest absolute Gasteiger partial charge is 0.350 e. The zero-order valence-corrected chi connectivity index (χ0v) is 17.8. The molecule has 2 saturated heterocycles. The maximum absolute atomic E-state index is 12.2. The SMILES string of the molecule is CCOc1cc(N2CCOCC2)c(OCC)cc1NC=C1C(=O)OC(C)(C)OC1=O. The van der Waals surface area contributed by atoms with Gasteiger partial charge in [0, 0.05) is 45.3 Å². The second kappa shape index (κ2) is 9.25. The van der Waals surface area contributed by atoms with Gasteiger partial charge in [-0.3, -0.25) is 0 Å². The number of carbonyl (C=O) groups is 2. The third-order valence-electron chi connectivity index (χ3n) is 4.50. The van der Waals surface area contributed by atoms with Gasteiger partial charge in [0.05, 0.1) is 37.8 Å². The van der Waals surface area contributed by atoms with Crippen LogP contribution in [0.3, 0.4) is 0 Å². The van der Waals surface area contributed by atoms with Gasteiger partial charge in [0.2, 0.25) is 0 Å². The number of nitrogens with one attached hydrogen (secondary N) is 1. The molecule has 2 fully saturated rings. The van der Waals surface area contributed by atoms with Gasteiger partial charge in [-0.25, -0.2) is 9.59 Å². The Morgan fingerprint density at radius 1 is 1.03 bits per heavy atom. The Balaban J connectivity index is 1.92. The van der Waals surface area contributed by atoms with Crippen molar-refractivity contribution in [3.63, 3.8) is 0 Å². The maximum atomic E-state index is 12.2. The lowest BCUT2D eigenvalue weighted by atomic mass is 10.2. The average molecular weight is 420 g/mol. The molecule has 0 saturated carbocycles. The van der Waals surface area contributed by atoms with E-state index in [-0.39, 0.29) is 5.57 Å². The van der Waals surface area contributed by atoms with Crippen LogP contribution in [-0.2, 0) is 23.8 Å². The Hall–Kier alpha value is -2.94. The number of hydrogen-bond donors (Lipinski definition) is 1. The molecule has 1 aromatic carbocycles. The van der Waals surface area contributed by atoms with Gasteiger partial charge in [0.1, 0.15) is 11.5 Å². The summed E-state index contributed by atoms with van der Waals surface area (Å²) < 4.78 is 27.3. The highest BCUT2D eigenvalue weighted by molar-refractivity contribution is 6.15. The van der Waals surface area contributed by atoms with Crippen molar-refractivity contribution in [2.75, 3.05) is 49.7 Å². The fraction of sp³-hybridized carbons (Fsp3) is 0.524. The largest absolute Gasteiger partial charge is 0.492 e. The van der Waals surface area contributed by atoms with E-state index in [0.29, 0.717) is 43.6 Å². The van der Waals surface area contributed by atoms with E-state index in [4.69, 9.17) is 23.7 Å². The fourth-order valence-corrected chi connectivity index (χ4v) is 3.19. The van der Waals surface area contributed by atoms with E-state index in [0.717, 1.165) is 18.8 Å². The maximum Gasteiger partial charge on any atom is 0.350 e. The first-order valence-corrected chi connectivity index (χ1v) is 10.0. The van der Waals surface area contributed by atoms with E-state index in [1.807, 2.05) is 19.9 Å². The molecule has 164 valence electrons. The minimum atomic E-state index is -1.29. The van der Waals surface area contributed by atoms with Crippen LogP contribution in [0.5, 0.6) is 11.5 Å². The number of carbonyl (C=O) groups excluding carboxylic acids is 2. The minimum Gasteiger partial charge on any atom is -0.492 e. The predicted octanol–water partition coefficient (Wildman–Crippen LogP) is 2.45. The van der Waals surface area contributed by atoms with Gasteiger partial charge in [0.15, 0.2) is 5.57 Å². The van der Waals surface area contributed by atoms with Crippen molar-refractivity contribution in [2.45, 2.75) is 33.5 Å². The molecule has 2 aliphatic heterocycles. The molecule has 2 aliphatic rings. The van der Waals surface area contributed by atoms with E-state index in [1.54, 1.807) is 6.07 Å². The summed E-state index contributed by atoms with van der Waals surface area (Å²) in [6, 6.07) is 3.68. The Morgan fingerprint density at radius 3 is 2.23 bits per heavy atom. The molecule has 0 aromatic heterocycles. The molecule has 3 rings (SSSR count). The van der Waals surface area contributed by atoms with E-state index in [9.17, 15) is 9.59 Å². The number of rotatable bonds is 7. The molecule has 30 heavy (non-hydrogen) atoms. The second-order valence-corrected chi connectivity index (χ2v) is 7.16. The summed E-state index contributed by atoms with van der Waals surface area (Å²) in [6.07, 6.45) is 1.27. The highest BCUT2D eigenvalue weighted by Gasteiger charge is 2.39. The van der Waals surface area contributed by atoms with Gasteiger partial charge in [-0.15, -0.1) is 0 Å². The van der Waals surface area contributed by atoms with Crippen LogP contribution < -0.4 is 19.7 Å². The Labute approximate surface area is 175 Å². The molecule has 0 bridgehead atoms. The topological polar surface area (TPSA) is 95.6 Å². The molecular weight excluding hydrogens is 392 g/mol. The summed E-state index contributed by atoms with van der Waals surface area (Å²) in [5.74, 6) is -1.56. The van der Waals surface area contributed by atoms with E-state index < -0.39 is 17.7 Å². The first-order valence-electron chi connectivity index (χ1n) is 10.0. The van der Waals surface area contributed by atoms with Crippen molar-refractivity contribution < 1.29 is 33.3 Å². The summed E-state index contributed by atoms with van der Waals surface area (Å²) in [5.41, 5.74) is 1.22. The Bertz CT molecular complexity index is 807. The van der Waals surface area contributed by atoms with Crippen LogP contribution >= 0.6 is 0 Å². The molecule has 9 heteroatoms. The van der Waals surface area contributed by atoms with Crippen LogP contribution in [0.1, 0.15) is 27.7 Å². The summed E-state index contributed by atoms with van der Waals surface area (Å²) in [6.45, 7) is 10.5. The van der Waals surface area contributed by atoms with Crippen molar-refractivity contribution in [3.05, 3.63) is 23.9 Å². The zero-order valence-electron chi connectivity index (χ0n) is 17.8. The van der Waals surface area contributed by atoms with Crippen molar-refractivity contribution >= 4 is 23.3 Å². The van der Waals surface area contributed by atoms with Crippen LogP contribution in [0.15, 0.2) is 23.9 Å². The second-order valence-electron chi connectivity index (χ2n) is 7.16. The van der Waals surface area contributed by atoms with Gasteiger partial charge < -0.3 is 33.9 Å².